The van der Waals surface area contributed by atoms with E-state index in [1.807, 2.05) is 36.5 Å². The maximum Gasteiger partial charge on any atom is 0.244 e. The first kappa shape index (κ1) is 17.2. The van der Waals surface area contributed by atoms with Crippen LogP contribution >= 0.6 is 0 Å². The lowest BCUT2D eigenvalue weighted by Crippen LogP contribution is -2.36. The van der Waals surface area contributed by atoms with E-state index in [9.17, 15) is 4.79 Å². The molecule has 2 aromatic rings. The van der Waals surface area contributed by atoms with E-state index in [2.05, 4.69) is 16.0 Å². The lowest BCUT2D eigenvalue weighted by Gasteiger charge is -2.15. The third kappa shape index (κ3) is 4.28. The minimum atomic E-state index is -0.126. The van der Waals surface area contributed by atoms with Crippen LogP contribution in [0.15, 0.2) is 36.5 Å². The molecule has 2 N–H and O–H groups in total. The zero-order valence-corrected chi connectivity index (χ0v) is 14.2. The summed E-state index contributed by atoms with van der Waals surface area (Å²) >= 11 is 0. The highest BCUT2D eigenvalue weighted by molar-refractivity contribution is 5.96. The molecule has 1 fully saturated rings. The summed E-state index contributed by atoms with van der Waals surface area (Å²) in [5, 5.41) is 22.0. The molecule has 0 bridgehead atoms. The van der Waals surface area contributed by atoms with E-state index in [1.54, 1.807) is 6.08 Å². The number of carbonyl (C=O) groups is 1. The van der Waals surface area contributed by atoms with Crippen LogP contribution in [-0.4, -0.2) is 28.2 Å². The molecular weight excluding hydrogens is 314 g/mol. The number of nitrogens with zero attached hydrogens (tertiary/aromatic N) is 2. The maximum absolute atomic E-state index is 12.2. The smallest absolute Gasteiger partial charge is 0.244 e. The lowest BCUT2D eigenvalue weighted by atomic mass is 10.1. The number of hydrogen-bond acceptors (Lipinski definition) is 3. The van der Waals surface area contributed by atoms with Crippen LogP contribution in [0.1, 0.15) is 31.2 Å². The Morgan fingerprint density at radius 1 is 1.44 bits per heavy atom. The van der Waals surface area contributed by atoms with Gasteiger partial charge in [0.25, 0.3) is 0 Å². The summed E-state index contributed by atoms with van der Waals surface area (Å²) in [4.78, 5) is 12.2. The fourth-order valence-electron chi connectivity index (χ4n) is 3.22. The second-order valence-electron chi connectivity index (χ2n) is 6.50. The molecule has 3 rings (SSSR count). The van der Waals surface area contributed by atoms with Gasteiger partial charge in [-0.15, -0.1) is 0 Å². The molecule has 1 aliphatic carbocycles. The van der Waals surface area contributed by atoms with Gasteiger partial charge in [0.05, 0.1) is 12.5 Å². The Morgan fingerprint density at radius 3 is 2.96 bits per heavy atom. The van der Waals surface area contributed by atoms with Crippen molar-refractivity contribution in [3.05, 3.63) is 42.1 Å². The number of carbonyl (C=O) groups excluding carboxylic acids is 1. The summed E-state index contributed by atoms with van der Waals surface area (Å²) < 4.78 is 2.05. The topological polar surface area (TPSA) is 78.0 Å². The van der Waals surface area contributed by atoms with Gasteiger partial charge in [-0.2, -0.15) is 5.26 Å². The van der Waals surface area contributed by atoms with Crippen LogP contribution in [-0.2, 0) is 11.3 Å². The first-order valence-corrected chi connectivity index (χ1v) is 8.77. The SMILES string of the molecule is N#CCCn1cc(/C=C/C(=O)NC(CCO)C2CC2)c2ccccc21. The Hall–Kier alpha value is -2.58. The van der Waals surface area contributed by atoms with Crippen LogP contribution in [0.25, 0.3) is 17.0 Å². The molecule has 25 heavy (non-hydrogen) atoms. The summed E-state index contributed by atoms with van der Waals surface area (Å²) in [5.41, 5.74) is 2.03. The summed E-state index contributed by atoms with van der Waals surface area (Å²) in [5.74, 6) is 0.386. The van der Waals surface area contributed by atoms with E-state index in [0.29, 0.717) is 25.3 Å². The molecule has 1 saturated carbocycles. The molecule has 5 heteroatoms. The third-order valence-corrected chi connectivity index (χ3v) is 4.66. The van der Waals surface area contributed by atoms with Gasteiger partial charge in [-0.05, 0) is 37.3 Å². The molecule has 1 atom stereocenters. The normalized spacial score (nSPS) is 15.4. The average Bonchev–Trinajstić information content (AvgIpc) is 3.41. The molecule has 1 amide bonds. The number of benzene rings is 1. The number of para-hydroxylation sites is 1. The molecule has 1 aliphatic rings. The highest BCUT2D eigenvalue weighted by Crippen LogP contribution is 2.33. The van der Waals surface area contributed by atoms with Gasteiger partial charge < -0.3 is 15.0 Å². The fourth-order valence-corrected chi connectivity index (χ4v) is 3.22. The van der Waals surface area contributed by atoms with Gasteiger partial charge in [-0.1, -0.05) is 18.2 Å². The molecule has 1 unspecified atom stereocenters. The Kier molecular flexibility index (Phi) is 5.52. The van der Waals surface area contributed by atoms with Gasteiger partial charge >= 0.3 is 0 Å². The first-order valence-electron chi connectivity index (χ1n) is 8.77. The van der Waals surface area contributed by atoms with E-state index in [0.717, 1.165) is 29.3 Å². The van der Waals surface area contributed by atoms with Crippen molar-refractivity contribution in [1.82, 2.24) is 9.88 Å². The van der Waals surface area contributed by atoms with Crippen LogP contribution in [0.5, 0.6) is 0 Å². The number of aliphatic hydroxyl groups excluding tert-OH is 1. The first-order chi connectivity index (χ1) is 12.2. The van der Waals surface area contributed by atoms with Gasteiger partial charge in [0.15, 0.2) is 0 Å². The van der Waals surface area contributed by atoms with E-state index in [1.165, 1.54) is 0 Å². The van der Waals surface area contributed by atoms with E-state index < -0.39 is 0 Å². The summed E-state index contributed by atoms with van der Waals surface area (Å²) in [7, 11) is 0. The molecule has 0 radical (unpaired) electrons. The van der Waals surface area contributed by atoms with E-state index >= 15 is 0 Å². The largest absolute Gasteiger partial charge is 0.396 e. The van der Waals surface area contributed by atoms with Crippen LogP contribution in [0, 0.1) is 17.2 Å². The number of fused-ring (bicyclic) bond motifs is 1. The van der Waals surface area contributed by atoms with Crippen molar-refractivity contribution in [2.75, 3.05) is 6.61 Å². The highest BCUT2D eigenvalue weighted by atomic mass is 16.3. The van der Waals surface area contributed by atoms with Gasteiger partial charge in [-0.25, -0.2) is 0 Å². The standard InChI is InChI=1S/C20H23N3O2/c21-11-3-12-23-14-16(17-4-1-2-5-19(17)23)8-9-20(25)22-18(10-13-24)15-6-7-15/h1-2,4-5,8-9,14-15,18,24H,3,6-7,10,12-13H2,(H,22,25)/b9-8+. The molecule has 1 heterocycles. The Morgan fingerprint density at radius 2 is 2.24 bits per heavy atom. The van der Waals surface area contributed by atoms with E-state index in [4.69, 9.17) is 10.4 Å². The minimum Gasteiger partial charge on any atom is -0.396 e. The van der Waals surface area contributed by atoms with Crippen molar-refractivity contribution in [2.45, 2.75) is 38.3 Å². The number of nitrogens with one attached hydrogen (secondary N) is 1. The molecule has 0 spiro atoms. The molecule has 0 saturated heterocycles. The predicted octanol–water partition coefficient (Wildman–Crippen LogP) is 2.85. The average molecular weight is 337 g/mol. The van der Waals surface area contributed by atoms with Crippen molar-refractivity contribution in [2.24, 2.45) is 5.92 Å². The molecule has 0 aliphatic heterocycles. The molecule has 1 aromatic heterocycles. The molecule has 1 aromatic carbocycles. The number of aryl methyl sites for hydroxylation is 1. The Bertz CT molecular complexity index is 812. The molecular formula is C20H23N3O2. The molecule has 5 nitrogen and oxygen atoms in total. The summed E-state index contributed by atoms with van der Waals surface area (Å²) in [6, 6.07) is 10.2. The van der Waals surface area contributed by atoms with Crippen LogP contribution < -0.4 is 5.32 Å². The van der Waals surface area contributed by atoms with Crippen LogP contribution in [0.3, 0.4) is 0 Å². The number of amides is 1. The monoisotopic (exact) mass is 337 g/mol. The van der Waals surface area contributed by atoms with Gasteiger partial charge in [-0.3, -0.25) is 4.79 Å². The Labute approximate surface area is 147 Å². The maximum atomic E-state index is 12.2. The summed E-state index contributed by atoms with van der Waals surface area (Å²) in [6.45, 7) is 0.731. The number of aromatic nitrogens is 1. The second-order valence-corrected chi connectivity index (χ2v) is 6.50. The summed E-state index contributed by atoms with van der Waals surface area (Å²) in [6.07, 6.45) is 8.68. The number of hydrogen-bond donors (Lipinski definition) is 2. The van der Waals surface area contributed by atoms with Crippen LogP contribution in [0.2, 0.25) is 0 Å². The van der Waals surface area contributed by atoms with Crippen molar-refractivity contribution < 1.29 is 9.90 Å². The van der Waals surface area contributed by atoms with Crippen molar-refractivity contribution in [3.63, 3.8) is 0 Å². The van der Waals surface area contributed by atoms with Gasteiger partial charge in [0.2, 0.25) is 5.91 Å². The van der Waals surface area contributed by atoms with Gasteiger partial charge in [0, 0.05) is 47.9 Å². The third-order valence-electron chi connectivity index (χ3n) is 4.66. The lowest BCUT2D eigenvalue weighted by molar-refractivity contribution is -0.117. The molecule has 130 valence electrons. The minimum absolute atomic E-state index is 0.0686. The van der Waals surface area contributed by atoms with Crippen molar-refractivity contribution in [1.29, 1.82) is 5.26 Å². The van der Waals surface area contributed by atoms with Gasteiger partial charge in [0.1, 0.15) is 0 Å². The Balaban J connectivity index is 1.74. The van der Waals surface area contributed by atoms with Crippen molar-refractivity contribution in [3.8, 4) is 6.07 Å². The second kappa shape index (κ2) is 8.00. The van der Waals surface area contributed by atoms with Crippen LogP contribution in [0.4, 0.5) is 0 Å². The van der Waals surface area contributed by atoms with E-state index in [-0.39, 0.29) is 18.6 Å². The van der Waals surface area contributed by atoms with Crippen molar-refractivity contribution >= 4 is 22.9 Å². The number of aliphatic hydroxyl groups is 1. The number of rotatable bonds is 8. The predicted molar refractivity (Wildman–Crippen MR) is 97.6 cm³/mol. The fraction of sp³-hybridized carbons (Fsp3) is 0.400. The zero-order chi connectivity index (χ0) is 17.6. The quantitative estimate of drug-likeness (QED) is 0.727. The highest BCUT2D eigenvalue weighted by Gasteiger charge is 2.31. The zero-order valence-electron chi connectivity index (χ0n) is 14.2. The number of nitriles is 1.